The van der Waals surface area contributed by atoms with E-state index in [1.165, 1.54) is 0 Å². The van der Waals surface area contributed by atoms with Crippen LogP contribution in [0, 0.1) is 12.8 Å². The van der Waals surface area contributed by atoms with Crippen molar-refractivity contribution >= 4 is 17.7 Å². The largest absolute Gasteiger partial charge is 0.478 e. The van der Waals surface area contributed by atoms with Gasteiger partial charge in [0.2, 0.25) is 0 Å². The second kappa shape index (κ2) is 6.93. The molecule has 5 nitrogen and oxygen atoms in total. The standard InChI is InChI=1S/C15H22N2O3/c1-5-10(2)9-17(4)15(20)16-13-7-6-11(3)8-12(13)14(18)19/h6-8,10H,5,9H2,1-4H3,(H,16,20)(H,18,19). The van der Waals surface area contributed by atoms with Crippen LogP contribution in [0.4, 0.5) is 10.5 Å². The SMILES string of the molecule is CCC(C)CN(C)C(=O)Nc1ccc(C)cc1C(=O)O. The molecule has 0 aromatic heterocycles. The van der Waals surface area contributed by atoms with Gasteiger partial charge in [-0.2, -0.15) is 0 Å². The zero-order valence-electron chi connectivity index (χ0n) is 12.4. The number of hydrogen-bond donors (Lipinski definition) is 2. The fraction of sp³-hybridized carbons (Fsp3) is 0.467. The molecular weight excluding hydrogens is 256 g/mol. The Morgan fingerprint density at radius 3 is 2.60 bits per heavy atom. The summed E-state index contributed by atoms with van der Waals surface area (Å²) in [5, 5.41) is 11.8. The topological polar surface area (TPSA) is 69.6 Å². The summed E-state index contributed by atoms with van der Waals surface area (Å²) in [5.41, 5.74) is 1.27. The fourth-order valence-electron chi connectivity index (χ4n) is 1.83. The number of anilines is 1. The van der Waals surface area contributed by atoms with Gasteiger partial charge < -0.3 is 15.3 Å². The third kappa shape index (κ3) is 4.26. The number of carboxylic acid groups (broad SMARTS) is 1. The van der Waals surface area contributed by atoms with Crippen molar-refractivity contribution in [1.29, 1.82) is 0 Å². The summed E-state index contributed by atoms with van der Waals surface area (Å²) >= 11 is 0. The summed E-state index contributed by atoms with van der Waals surface area (Å²) in [5.74, 6) is -0.642. The normalized spacial score (nSPS) is 11.8. The fourth-order valence-corrected chi connectivity index (χ4v) is 1.83. The van der Waals surface area contributed by atoms with E-state index in [0.29, 0.717) is 18.2 Å². The molecule has 1 unspecified atom stereocenters. The van der Waals surface area contributed by atoms with E-state index in [4.69, 9.17) is 5.11 Å². The number of benzene rings is 1. The molecule has 1 aromatic rings. The first-order valence-corrected chi connectivity index (χ1v) is 6.71. The van der Waals surface area contributed by atoms with Gasteiger partial charge in [-0.25, -0.2) is 9.59 Å². The number of carbonyl (C=O) groups excluding carboxylic acids is 1. The summed E-state index contributed by atoms with van der Waals surface area (Å²) in [7, 11) is 1.70. The van der Waals surface area contributed by atoms with Crippen molar-refractivity contribution in [2.75, 3.05) is 18.9 Å². The van der Waals surface area contributed by atoms with Gasteiger partial charge in [0, 0.05) is 13.6 Å². The van der Waals surface area contributed by atoms with Gasteiger partial charge in [0.05, 0.1) is 11.3 Å². The van der Waals surface area contributed by atoms with Gasteiger partial charge in [0.25, 0.3) is 0 Å². The van der Waals surface area contributed by atoms with Gasteiger partial charge in [0.15, 0.2) is 0 Å². The number of aromatic carboxylic acids is 1. The highest BCUT2D eigenvalue weighted by atomic mass is 16.4. The lowest BCUT2D eigenvalue weighted by atomic mass is 10.1. The molecule has 20 heavy (non-hydrogen) atoms. The van der Waals surface area contributed by atoms with E-state index >= 15 is 0 Å². The molecule has 0 heterocycles. The van der Waals surface area contributed by atoms with Crippen molar-refractivity contribution in [2.45, 2.75) is 27.2 Å². The van der Waals surface area contributed by atoms with Crippen LogP contribution in [0.15, 0.2) is 18.2 Å². The van der Waals surface area contributed by atoms with E-state index in [9.17, 15) is 9.59 Å². The first-order chi connectivity index (χ1) is 9.35. The number of carbonyl (C=O) groups is 2. The van der Waals surface area contributed by atoms with Crippen molar-refractivity contribution in [3.63, 3.8) is 0 Å². The molecule has 110 valence electrons. The number of aryl methyl sites for hydroxylation is 1. The molecule has 0 radical (unpaired) electrons. The predicted octanol–water partition coefficient (Wildman–Crippen LogP) is 3.20. The summed E-state index contributed by atoms with van der Waals surface area (Å²) in [4.78, 5) is 24.8. The zero-order valence-corrected chi connectivity index (χ0v) is 12.4. The lowest BCUT2D eigenvalue weighted by Crippen LogP contribution is -2.35. The minimum atomic E-state index is -1.05. The van der Waals surface area contributed by atoms with Crippen molar-refractivity contribution in [3.05, 3.63) is 29.3 Å². The van der Waals surface area contributed by atoms with E-state index in [-0.39, 0.29) is 11.6 Å². The number of rotatable bonds is 5. The van der Waals surface area contributed by atoms with Gasteiger partial charge in [-0.05, 0) is 25.0 Å². The number of hydrogen-bond acceptors (Lipinski definition) is 2. The number of amides is 2. The highest BCUT2D eigenvalue weighted by molar-refractivity contribution is 6.00. The minimum Gasteiger partial charge on any atom is -0.478 e. The molecular formula is C15H22N2O3. The van der Waals surface area contributed by atoms with Crippen LogP contribution >= 0.6 is 0 Å². The Balaban J connectivity index is 2.83. The monoisotopic (exact) mass is 278 g/mol. The number of carboxylic acids is 1. The quantitative estimate of drug-likeness (QED) is 0.869. The summed E-state index contributed by atoms with van der Waals surface area (Å²) in [6.45, 7) is 6.58. The summed E-state index contributed by atoms with van der Waals surface area (Å²) < 4.78 is 0. The molecule has 2 N–H and O–H groups in total. The van der Waals surface area contributed by atoms with Gasteiger partial charge in [-0.1, -0.05) is 31.9 Å². The van der Waals surface area contributed by atoms with E-state index in [1.807, 2.05) is 6.92 Å². The van der Waals surface area contributed by atoms with E-state index < -0.39 is 5.97 Å². The third-order valence-corrected chi connectivity index (χ3v) is 3.28. The van der Waals surface area contributed by atoms with Crippen molar-refractivity contribution in [3.8, 4) is 0 Å². The molecule has 0 saturated carbocycles. The summed E-state index contributed by atoms with van der Waals surface area (Å²) in [6, 6.07) is 4.65. The molecule has 1 atom stereocenters. The van der Waals surface area contributed by atoms with Gasteiger partial charge >= 0.3 is 12.0 Å². The zero-order chi connectivity index (χ0) is 15.3. The number of nitrogens with zero attached hydrogens (tertiary/aromatic N) is 1. The molecule has 5 heteroatoms. The highest BCUT2D eigenvalue weighted by Crippen LogP contribution is 2.18. The van der Waals surface area contributed by atoms with Gasteiger partial charge in [-0.3, -0.25) is 0 Å². The molecule has 0 aliphatic heterocycles. The molecule has 0 saturated heterocycles. The van der Waals surface area contributed by atoms with E-state index in [0.717, 1.165) is 12.0 Å². The van der Waals surface area contributed by atoms with Gasteiger partial charge in [-0.15, -0.1) is 0 Å². The maximum absolute atomic E-state index is 12.0. The molecule has 2 amide bonds. The highest BCUT2D eigenvalue weighted by Gasteiger charge is 2.16. The molecule has 1 aromatic carbocycles. The van der Waals surface area contributed by atoms with Crippen LogP contribution in [0.5, 0.6) is 0 Å². The van der Waals surface area contributed by atoms with Crippen molar-refractivity contribution in [2.24, 2.45) is 5.92 Å². The second-order valence-electron chi connectivity index (χ2n) is 5.18. The maximum Gasteiger partial charge on any atom is 0.337 e. The average molecular weight is 278 g/mol. The minimum absolute atomic E-state index is 0.107. The number of nitrogens with one attached hydrogen (secondary N) is 1. The van der Waals surface area contributed by atoms with Crippen LogP contribution in [0.25, 0.3) is 0 Å². The lowest BCUT2D eigenvalue weighted by molar-refractivity contribution is 0.0698. The van der Waals surface area contributed by atoms with Crippen LogP contribution < -0.4 is 5.32 Å². The van der Waals surface area contributed by atoms with Crippen LogP contribution in [0.3, 0.4) is 0 Å². The first-order valence-electron chi connectivity index (χ1n) is 6.71. The lowest BCUT2D eigenvalue weighted by Gasteiger charge is -2.21. The molecule has 0 aliphatic rings. The second-order valence-corrected chi connectivity index (χ2v) is 5.18. The molecule has 1 rings (SSSR count). The molecule has 0 spiro atoms. The molecule has 0 fully saturated rings. The van der Waals surface area contributed by atoms with Gasteiger partial charge in [0.1, 0.15) is 0 Å². The molecule has 0 aliphatic carbocycles. The maximum atomic E-state index is 12.0. The smallest absolute Gasteiger partial charge is 0.337 e. The van der Waals surface area contributed by atoms with Crippen molar-refractivity contribution in [1.82, 2.24) is 4.90 Å². The summed E-state index contributed by atoms with van der Waals surface area (Å²) in [6.07, 6.45) is 0.989. The Bertz CT molecular complexity index is 500. The Morgan fingerprint density at radius 2 is 2.05 bits per heavy atom. The predicted molar refractivity (Wildman–Crippen MR) is 79.2 cm³/mol. The van der Waals surface area contributed by atoms with E-state index in [2.05, 4.69) is 19.2 Å². The van der Waals surface area contributed by atoms with Crippen LogP contribution in [-0.2, 0) is 0 Å². The Hall–Kier alpha value is -2.04. The molecule has 0 bridgehead atoms. The number of urea groups is 1. The Morgan fingerprint density at radius 1 is 1.40 bits per heavy atom. The Kier molecular flexibility index (Phi) is 5.55. The first kappa shape index (κ1) is 16.0. The third-order valence-electron chi connectivity index (χ3n) is 3.28. The van der Waals surface area contributed by atoms with Crippen LogP contribution in [0.2, 0.25) is 0 Å². The Labute approximate surface area is 119 Å². The average Bonchev–Trinajstić information content (AvgIpc) is 2.40. The van der Waals surface area contributed by atoms with E-state index in [1.54, 1.807) is 30.1 Å². The van der Waals surface area contributed by atoms with Crippen LogP contribution in [-0.4, -0.2) is 35.6 Å². The van der Waals surface area contributed by atoms with Crippen molar-refractivity contribution < 1.29 is 14.7 Å². The van der Waals surface area contributed by atoms with Crippen LogP contribution in [0.1, 0.15) is 36.2 Å².